The minimum absolute atomic E-state index is 0.296. The van der Waals surface area contributed by atoms with Gasteiger partial charge in [0.05, 0.1) is 12.5 Å². The number of amides is 2. The Hall–Kier alpha value is -2.71. The molecule has 0 radical (unpaired) electrons. The molecule has 0 saturated heterocycles. The van der Waals surface area contributed by atoms with Crippen molar-refractivity contribution >= 4 is 34.4 Å². The fourth-order valence-electron chi connectivity index (χ4n) is 3.85. The lowest BCUT2D eigenvalue weighted by Crippen LogP contribution is -2.49. The van der Waals surface area contributed by atoms with Gasteiger partial charge in [-0.05, 0) is 62.5 Å². The van der Waals surface area contributed by atoms with Crippen molar-refractivity contribution in [3.63, 3.8) is 0 Å². The second-order valence-electron chi connectivity index (χ2n) is 7.20. The minimum atomic E-state index is -1.01. The number of halogens is 1. The molecule has 2 amide bonds. The number of fused-ring (bicyclic) bond motifs is 3. The summed E-state index contributed by atoms with van der Waals surface area (Å²) in [4.78, 5) is 25.7. The van der Waals surface area contributed by atoms with Gasteiger partial charge in [-0.25, -0.2) is 0 Å². The number of hydrogen-bond donors (Lipinski definition) is 3. The standard InChI is InChI=1S/C24H21IN2O3/c25-16-7-5-6-15(12-16)13-26-23(29)21(14-28)27-24(30)22-19-10-3-1-8-17(19)18-9-2-4-11-20(18)22/h1-12,21-22,28H,13-14H2,(H,26,29)(H,27,30). The highest BCUT2D eigenvalue weighted by atomic mass is 127. The number of benzene rings is 3. The lowest BCUT2D eigenvalue weighted by atomic mass is 9.95. The van der Waals surface area contributed by atoms with Crippen molar-refractivity contribution in [2.75, 3.05) is 6.61 Å². The molecule has 3 N–H and O–H groups in total. The third-order valence-corrected chi connectivity index (χ3v) is 5.94. The van der Waals surface area contributed by atoms with Gasteiger partial charge in [0.25, 0.3) is 0 Å². The average molecular weight is 512 g/mol. The molecule has 5 nitrogen and oxygen atoms in total. The van der Waals surface area contributed by atoms with Gasteiger partial charge < -0.3 is 15.7 Å². The fraction of sp³-hybridized carbons (Fsp3) is 0.167. The third-order valence-electron chi connectivity index (χ3n) is 5.27. The van der Waals surface area contributed by atoms with Gasteiger partial charge in [0, 0.05) is 10.1 Å². The van der Waals surface area contributed by atoms with Gasteiger partial charge >= 0.3 is 0 Å². The second-order valence-corrected chi connectivity index (χ2v) is 8.44. The summed E-state index contributed by atoms with van der Waals surface area (Å²) in [5, 5.41) is 15.3. The van der Waals surface area contributed by atoms with Crippen LogP contribution in [0.4, 0.5) is 0 Å². The van der Waals surface area contributed by atoms with Crippen LogP contribution in [0.1, 0.15) is 22.6 Å². The van der Waals surface area contributed by atoms with E-state index in [1.165, 1.54) is 0 Å². The van der Waals surface area contributed by atoms with Gasteiger partial charge in [0.2, 0.25) is 11.8 Å². The average Bonchev–Trinajstić information content (AvgIpc) is 3.10. The molecule has 1 atom stereocenters. The quantitative estimate of drug-likeness (QED) is 0.444. The summed E-state index contributed by atoms with van der Waals surface area (Å²) >= 11 is 2.21. The van der Waals surface area contributed by atoms with E-state index in [0.29, 0.717) is 6.54 Å². The zero-order valence-corrected chi connectivity index (χ0v) is 18.3. The Labute approximate surface area is 188 Å². The Morgan fingerprint density at radius 1 is 0.933 bits per heavy atom. The van der Waals surface area contributed by atoms with E-state index in [1.807, 2.05) is 72.8 Å². The smallest absolute Gasteiger partial charge is 0.245 e. The molecule has 0 aromatic heterocycles. The van der Waals surface area contributed by atoms with Gasteiger partial charge in [-0.3, -0.25) is 9.59 Å². The molecule has 30 heavy (non-hydrogen) atoms. The molecule has 0 saturated carbocycles. The predicted molar refractivity (Wildman–Crippen MR) is 124 cm³/mol. The first-order valence-corrected chi connectivity index (χ1v) is 10.8. The summed E-state index contributed by atoms with van der Waals surface area (Å²) in [5.41, 5.74) is 4.82. The van der Waals surface area contributed by atoms with Crippen LogP contribution in [-0.2, 0) is 16.1 Å². The number of hydrogen-bond acceptors (Lipinski definition) is 3. The van der Waals surface area contributed by atoms with Crippen molar-refractivity contribution in [2.45, 2.75) is 18.5 Å². The minimum Gasteiger partial charge on any atom is -0.394 e. The highest BCUT2D eigenvalue weighted by Gasteiger charge is 2.35. The first-order valence-electron chi connectivity index (χ1n) is 9.70. The fourth-order valence-corrected chi connectivity index (χ4v) is 4.45. The van der Waals surface area contributed by atoms with Crippen LogP contribution in [0.5, 0.6) is 0 Å². The topological polar surface area (TPSA) is 78.4 Å². The molecule has 0 aliphatic heterocycles. The summed E-state index contributed by atoms with van der Waals surface area (Å²) < 4.78 is 1.07. The molecule has 0 heterocycles. The van der Waals surface area contributed by atoms with E-state index in [2.05, 4.69) is 33.2 Å². The monoisotopic (exact) mass is 512 g/mol. The van der Waals surface area contributed by atoms with E-state index in [9.17, 15) is 14.7 Å². The largest absolute Gasteiger partial charge is 0.394 e. The molecular weight excluding hydrogens is 491 g/mol. The van der Waals surface area contributed by atoms with Crippen molar-refractivity contribution in [2.24, 2.45) is 0 Å². The van der Waals surface area contributed by atoms with Crippen LogP contribution in [0.15, 0.2) is 72.8 Å². The van der Waals surface area contributed by atoms with E-state index >= 15 is 0 Å². The molecule has 6 heteroatoms. The first kappa shape index (κ1) is 20.6. The Morgan fingerprint density at radius 3 is 2.17 bits per heavy atom. The van der Waals surface area contributed by atoms with Crippen LogP contribution in [0.25, 0.3) is 11.1 Å². The van der Waals surface area contributed by atoms with Crippen LogP contribution in [0.2, 0.25) is 0 Å². The predicted octanol–water partition coefficient (Wildman–Crippen LogP) is 3.20. The Kier molecular flexibility index (Phi) is 6.15. The van der Waals surface area contributed by atoms with Gasteiger partial charge in [0.15, 0.2) is 0 Å². The molecule has 152 valence electrons. The normalized spacial score (nSPS) is 13.3. The lowest BCUT2D eigenvalue weighted by molar-refractivity contribution is -0.130. The molecule has 3 aromatic carbocycles. The van der Waals surface area contributed by atoms with Crippen molar-refractivity contribution in [1.29, 1.82) is 0 Å². The van der Waals surface area contributed by atoms with E-state index < -0.39 is 24.5 Å². The SMILES string of the molecule is O=C(NCc1cccc(I)c1)C(CO)NC(=O)C1c2ccccc2-c2ccccc21. The van der Waals surface area contributed by atoms with E-state index in [1.54, 1.807) is 0 Å². The summed E-state index contributed by atoms with van der Waals surface area (Å²) in [6.07, 6.45) is 0. The van der Waals surface area contributed by atoms with Gasteiger partial charge in [-0.2, -0.15) is 0 Å². The first-order chi connectivity index (χ1) is 14.6. The molecule has 1 unspecified atom stereocenters. The maximum Gasteiger partial charge on any atom is 0.245 e. The molecule has 0 bridgehead atoms. The summed E-state index contributed by atoms with van der Waals surface area (Å²) in [6, 6.07) is 22.3. The van der Waals surface area contributed by atoms with Crippen LogP contribution >= 0.6 is 22.6 Å². The van der Waals surface area contributed by atoms with Crippen LogP contribution in [0, 0.1) is 3.57 Å². The van der Waals surface area contributed by atoms with E-state index in [-0.39, 0.29) is 5.91 Å². The van der Waals surface area contributed by atoms with Gasteiger partial charge in [0.1, 0.15) is 6.04 Å². The number of aliphatic hydroxyl groups is 1. The van der Waals surface area contributed by atoms with Crippen LogP contribution in [0.3, 0.4) is 0 Å². The van der Waals surface area contributed by atoms with Crippen molar-refractivity contribution < 1.29 is 14.7 Å². The lowest BCUT2D eigenvalue weighted by Gasteiger charge is -2.20. The summed E-state index contributed by atoms with van der Waals surface area (Å²) in [6.45, 7) is -0.142. The number of carbonyl (C=O) groups is 2. The molecule has 0 fully saturated rings. The third kappa shape index (κ3) is 4.11. The molecule has 4 rings (SSSR count). The van der Waals surface area contributed by atoms with Gasteiger partial charge in [-0.15, -0.1) is 0 Å². The zero-order chi connectivity index (χ0) is 21.1. The Bertz CT molecular complexity index is 1050. The van der Waals surface area contributed by atoms with E-state index in [4.69, 9.17) is 0 Å². The molecule has 1 aliphatic carbocycles. The van der Waals surface area contributed by atoms with Crippen molar-refractivity contribution in [3.8, 4) is 11.1 Å². The summed E-state index contributed by atoms with van der Waals surface area (Å²) in [5.74, 6) is -1.21. The van der Waals surface area contributed by atoms with Crippen molar-refractivity contribution in [3.05, 3.63) is 93.1 Å². The van der Waals surface area contributed by atoms with Crippen molar-refractivity contribution in [1.82, 2.24) is 10.6 Å². The van der Waals surface area contributed by atoms with Crippen LogP contribution < -0.4 is 10.6 Å². The number of aliphatic hydroxyl groups excluding tert-OH is 1. The molecule has 1 aliphatic rings. The number of carbonyl (C=O) groups excluding carboxylic acids is 2. The second kappa shape index (κ2) is 8.97. The maximum atomic E-state index is 13.2. The number of rotatable bonds is 6. The summed E-state index contributed by atoms with van der Waals surface area (Å²) in [7, 11) is 0. The molecular formula is C24H21IN2O3. The molecule has 3 aromatic rings. The molecule has 0 spiro atoms. The Morgan fingerprint density at radius 2 is 1.57 bits per heavy atom. The Balaban J connectivity index is 1.49. The maximum absolute atomic E-state index is 13.2. The zero-order valence-electron chi connectivity index (χ0n) is 16.1. The highest BCUT2D eigenvalue weighted by Crippen LogP contribution is 2.44. The number of nitrogens with one attached hydrogen (secondary N) is 2. The van der Waals surface area contributed by atoms with Crippen LogP contribution in [-0.4, -0.2) is 29.6 Å². The highest BCUT2D eigenvalue weighted by molar-refractivity contribution is 14.1. The van der Waals surface area contributed by atoms with E-state index in [0.717, 1.165) is 31.4 Å². The van der Waals surface area contributed by atoms with Gasteiger partial charge in [-0.1, -0.05) is 60.7 Å².